The molecule has 20 heavy (non-hydrogen) atoms. The molecule has 2 nitrogen and oxygen atoms in total. The Labute approximate surface area is 123 Å². The van der Waals surface area contributed by atoms with Gasteiger partial charge in [0, 0.05) is 18.1 Å². The number of piperidine rings is 1. The lowest BCUT2D eigenvalue weighted by Crippen LogP contribution is -2.43. The SMILES string of the molecule is CCNC(c1ccccc1C)C1CC2CCC(C1)N2C. The highest BCUT2D eigenvalue weighted by Crippen LogP contribution is 2.42. The summed E-state index contributed by atoms with van der Waals surface area (Å²) in [4.78, 5) is 2.64. The van der Waals surface area contributed by atoms with E-state index >= 15 is 0 Å². The average molecular weight is 272 g/mol. The normalized spacial score (nSPS) is 31.4. The van der Waals surface area contributed by atoms with Gasteiger partial charge in [-0.05, 0) is 63.2 Å². The van der Waals surface area contributed by atoms with Crippen LogP contribution in [-0.2, 0) is 0 Å². The number of nitrogens with zero attached hydrogens (tertiary/aromatic N) is 1. The summed E-state index contributed by atoms with van der Waals surface area (Å²) >= 11 is 0. The molecule has 110 valence electrons. The molecule has 2 fully saturated rings. The quantitative estimate of drug-likeness (QED) is 0.902. The predicted octanol–water partition coefficient (Wildman–Crippen LogP) is 3.52. The molecule has 0 saturated carbocycles. The van der Waals surface area contributed by atoms with E-state index in [1.807, 2.05) is 0 Å². The van der Waals surface area contributed by atoms with E-state index in [2.05, 4.69) is 55.4 Å². The molecule has 2 aliphatic rings. The second-order valence-corrected chi connectivity index (χ2v) is 6.67. The Kier molecular flexibility index (Phi) is 4.13. The first-order chi connectivity index (χ1) is 9.70. The molecule has 0 radical (unpaired) electrons. The maximum Gasteiger partial charge on any atom is 0.0352 e. The summed E-state index contributed by atoms with van der Waals surface area (Å²) in [6.45, 7) is 5.54. The number of nitrogens with one attached hydrogen (secondary N) is 1. The molecule has 3 unspecified atom stereocenters. The first-order valence-corrected chi connectivity index (χ1v) is 8.21. The maximum absolute atomic E-state index is 3.77. The van der Waals surface area contributed by atoms with Crippen molar-refractivity contribution < 1.29 is 0 Å². The van der Waals surface area contributed by atoms with Crippen LogP contribution >= 0.6 is 0 Å². The van der Waals surface area contributed by atoms with Crippen molar-refractivity contribution >= 4 is 0 Å². The fraction of sp³-hybridized carbons (Fsp3) is 0.667. The van der Waals surface area contributed by atoms with Crippen molar-refractivity contribution in [3.05, 3.63) is 35.4 Å². The van der Waals surface area contributed by atoms with E-state index in [1.54, 1.807) is 0 Å². The number of benzene rings is 1. The highest BCUT2D eigenvalue weighted by atomic mass is 15.2. The minimum Gasteiger partial charge on any atom is -0.310 e. The van der Waals surface area contributed by atoms with Crippen LogP contribution in [0.3, 0.4) is 0 Å². The summed E-state index contributed by atoms with van der Waals surface area (Å²) in [5.74, 6) is 0.796. The molecular formula is C18H28N2. The number of aryl methyl sites for hydroxylation is 1. The van der Waals surface area contributed by atoms with Crippen LogP contribution in [0.4, 0.5) is 0 Å². The van der Waals surface area contributed by atoms with Gasteiger partial charge in [0.15, 0.2) is 0 Å². The van der Waals surface area contributed by atoms with Gasteiger partial charge in [-0.1, -0.05) is 31.2 Å². The summed E-state index contributed by atoms with van der Waals surface area (Å²) in [5, 5.41) is 3.77. The fourth-order valence-corrected chi connectivity index (χ4v) is 4.41. The third-order valence-electron chi connectivity index (χ3n) is 5.55. The number of rotatable bonds is 4. The zero-order valence-corrected chi connectivity index (χ0v) is 13.1. The van der Waals surface area contributed by atoms with E-state index in [4.69, 9.17) is 0 Å². The summed E-state index contributed by atoms with van der Waals surface area (Å²) in [7, 11) is 2.33. The third-order valence-corrected chi connectivity index (χ3v) is 5.55. The Morgan fingerprint density at radius 3 is 2.45 bits per heavy atom. The first-order valence-electron chi connectivity index (χ1n) is 8.21. The van der Waals surface area contributed by atoms with Gasteiger partial charge in [0.25, 0.3) is 0 Å². The van der Waals surface area contributed by atoms with Crippen LogP contribution in [0.15, 0.2) is 24.3 Å². The van der Waals surface area contributed by atoms with Crippen LogP contribution in [0.1, 0.15) is 49.8 Å². The molecule has 1 aromatic carbocycles. The lowest BCUT2D eigenvalue weighted by molar-refractivity contribution is 0.112. The molecular weight excluding hydrogens is 244 g/mol. The number of hydrogen-bond donors (Lipinski definition) is 1. The molecule has 0 spiro atoms. The molecule has 3 atom stereocenters. The van der Waals surface area contributed by atoms with Crippen LogP contribution in [0.5, 0.6) is 0 Å². The molecule has 2 heteroatoms. The average Bonchev–Trinajstić information content (AvgIpc) is 2.67. The Hall–Kier alpha value is -0.860. The van der Waals surface area contributed by atoms with Crippen molar-refractivity contribution in [3.8, 4) is 0 Å². The highest BCUT2D eigenvalue weighted by molar-refractivity contribution is 5.29. The van der Waals surface area contributed by atoms with E-state index in [0.717, 1.165) is 24.5 Å². The van der Waals surface area contributed by atoms with Crippen molar-refractivity contribution in [3.63, 3.8) is 0 Å². The monoisotopic (exact) mass is 272 g/mol. The summed E-state index contributed by atoms with van der Waals surface area (Å²) in [6, 6.07) is 11.1. The largest absolute Gasteiger partial charge is 0.310 e. The number of hydrogen-bond acceptors (Lipinski definition) is 2. The van der Waals surface area contributed by atoms with E-state index < -0.39 is 0 Å². The Bertz CT molecular complexity index is 442. The van der Waals surface area contributed by atoms with Gasteiger partial charge in [-0.15, -0.1) is 0 Å². The first kappa shape index (κ1) is 14.1. The van der Waals surface area contributed by atoms with E-state index in [0.29, 0.717) is 6.04 Å². The zero-order valence-electron chi connectivity index (χ0n) is 13.1. The topological polar surface area (TPSA) is 15.3 Å². The standard InChI is InChI=1S/C18H28N2/c1-4-19-18(17-8-6-5-7-13(17)2)14-11-15-9-10-16(12-14)20(15)3/h5-8,14-16,18-19H,4,9-12H2,1-3H3. The molecule has 2 heterocycles. The Morgan fingerprint density at radius 2 is 1.85 bits per heavy atom. The molecule has 1 aromatic rings. The Morgan fingerprint density at radius 1 is 1.20 bits per heavy atom. The van der Waals surface area contributed by atoms with Gasteiger partial charge in [0.1, 0.15) is 0 Å². The lowest BCUT2D eigenvalue weighted by atomic mass is 9.81. The van der Waals surface area contributed by atoms with Gasteiger partial charge in [-0.3, -0.25) is 0 Å². The maximum atomic E-state index is 3.77. The molecule has 0 aliphatic carbocycles. The van der Waals surface area contributed by atoms with Crippen LogP contribution < -0.4 is 5.32 Å². The van der Waals surface area contributed by atoms with Gasteiger partial charge in [0.2, 0.25) is 0 Å². The van der Waals surface area contributed by atoms with E-state index in [9.17, 15) is 0 Å². The minimum atomic E-state index is 0.540. The summed E-state index contributed by atoms with van der Waals surface area (Å²) in [6.07, 6.45) is 5.53. The molecule has 1 N–H and O–H groups in total. The Balaban J connectivity index is 1.83. The van der Waals surface area contributed by atoms with Crippen molar-refractivity contribution in [2.75, 3.05) is 13.6 Å². The van der Waals surface area contributed by atoms with Gasteiger partial charge in [-0.2, -0.15) is 0 Å². The van der Waals surface area contributed by atoms with Gasteiger partial charge in [-0.25, -0.2) is 0 Å². The van der Waals surface area contributed by atoms with Crippen LogP contribution in [0.25, 0.3) is 0 Å². The van der Waals surface area contributed by atoms with Crippen molar-refractivity contribution in [2.45, 2.75) is 57.7 Å². The molecule has 0 aromatic heterocycles. The van der Waals surface area contributed by atoms with Crippen LogP contribution in [-0.4, -0.2) is 30.6 Å². The predicted molar refractivity (Wildman–Crippen MR) is 84.9 cm³/mol. The fourth-order valence-electron chi connectivity index (χ4n) is 4.41. The second-order valence-electron chi connectivity index (χ2n) is 6.67. The molecule has 0 amide bonds. The van der Waals surface area contributed by atoms with Crippen LogP contribution in [0, 0.1) is 12.8 Å². The van der Waals surface area contributed by atoms with E-state index in [-0.39, 0.29) is 0 Å². The van der Waals surface area contributed by atoms with Crippen molar-refractivity contribution in [1.29, 1.82) is 0 Å². The van der Waals surface area contributed by atoms with Crippen LogP contribution in [0.2, 0.25) is 0 Å². The molecule has 2 saturated heterocycles. The number of fused-ring (bicyclic) bond motifs is 2. The molecule has 3 rings (SSSR count). The third kappa shape index (κ3) is 2.51. The van der Waals surface area contributed by atoms with Crippen molar-refractivity contribution in [1.82, 2.24) is 10.2 Å². The molecule has 2 aliphatic heterocycles. The highest BCUT2D eigenvalue weighted by Gasteiger charge is 2.41. The van der Waals surface area contributed by atoms with Gasteiger partial charge in [0.05, 0.1) is 0 Å². The zero-order chi connectivity index (χ0) is 14.1. The van der Waals surface area contributed by atoms with Gasteiger partial charge < -0.3 is 10.2 Å². The van der Waals surface area contributed by atoms with Crippen molar-refractivity contribution in [2.24, 2.45) is 5.92 Å². The minimum absolute atomic E-state index is 0.540. The van der Waals surface area contributed by atoms with E-state index in [1.165, 1.54) is 36.8 Å². The summed E-state index contributed by atoms with van der Waals surface area (Å²) < 4.78 is 0. The second kappa shape index (κ2) is 5.87. The lowest BCUT2D eigenvalue weighted by Gasteiger charge is -2.40. The van der Waals surface area contributed by atoms with Gasteiger partial charge >= 0.3 is 0 Å². The molecule has 2 bridgehead atoms. The smallest absolute Gasteiger partial charge is 0.0352 e. The summed E-state index contributed by atoms with van der Waals surface area (Å²) in [5.41, 5.74) is 2.95.